The quantitative estimate of drug-likeness (QED) is 0.688. The normalized spacial score (nSPS) is 16.0. The first-order chi connectivity index (χ1) is 13.5. The molecule has 6 heteroatoms. The summed E-state index contributed by atoms with van der Waals surface area (Å²) in [6, 6.07) is 12.9. The van der Waals surface area contributed by atoms with Crippen molar-refractivity contribution < 1.29 is 23.8 Å². The van der Waals surface area contributed by atoms with Gasteiger partial charge < -0.3 is 19.1 Å². The second-order valence-electron chi connectivity index (χ2n) is 6.78. The van der Waals surface area contributed by atoms with Crippen LogP contribution in [0, 0.1) is 0 Å². The molecule has 0 saturated carbocycles. The summed E-state index contributed by atoms with van der Waals surface area (Å²) >= 11 is 0. The topological polar surface area (TPSA) is 65.1 Å². The van der Waals surface area contributed by atoms with Crippen LogP contribution in [0.15, 0.2) is 42.5 Å². The van der Waals surface area contributed by atoms with Gasteiger partial charge in [0.15, 0.2) is 17.3 Å². The molecule has 2 aromatic rings. The molecule has 6 nitrogen and oxygen atoms in total. The Balaban J connectivity index is 1.70. The molecule has 1 heterocycles. The summed E-state index contributed by atoms with van der Waals surface area (Å²) in [6.45, 7) is 2.66. The van der Waals surface area contributed by atoms with E-state index in [1.807, 2.05) is 30.3 Å². The second-order valence-corrected chi connectivity index (χ2v) is 6.78. The maximum absolute atomic E-state index is 12.8. The largest absolute Gasteiger partial charge is 0.493 e. The van der Waals surface area contributed by atoms with Crippen LogP contribution in [-0.2, 0) is 11.2 Å². The summed E-state index contributed by atoms with van der Waals surface area (Å²) in [6.07, 6.45) is 0.892. The lowest BCUT2D eigenvalue weighted by molar-refractivity contribution is -0.129. The summed E-state index contributed by atoms with van der Waals surface area (Å²) in [5, 5.41) is 0. The monoisotopic (exact) mass is 383 g/mol. The molecule has 0 spiro atoms. The Labute approximate surface area is 165 Å². The third-order valence-corrected chi connectivity index (χ3v) is 4.87. The van der Waals surface area contributed by atoms with E-state index in [1.165, 1.54) is 21.1 Å². The molecule has 1 unspecified atom stereocenters. The van der Waals surface area contributed by atoms with Crippen LogP contribution in [-0.4, -0.2) is 50.0 Å². The van der Waals surface area contributed by atoms with Gasteiger partial charge in [-0.25, -0.2) is 0 Å². The molecule has 1 aliphatic heterocycles. The number of carbonyl (C=O) groups excluding carboxylic acids is 2. The van der Waals surface area contributed by atoms with E-state index in [4.69, 9.17) is 14.2 Å². The molecule has 2 aromatic carbocycles. The van der Waals surface area contributed by atoms with Gasteiger partial charge in [0.2, 0.25) is 5.91 Å². The summed E-state index contributed by atoms with van der Waals surface area (Å²) in [4.78, 5) is 26.7. The number of ether oxygens (including phenoxy) is 3. The van der Waals surface area contributed by atoms with E-state index in [0.717, 1.165) is 12.2 Å². The highest BCUT2D eigenvalue weighted by atomic mass is 16.5. The fourth-order valence-electron chi connectivity index (χ4n) is 3.41. The Morgan fingerprint density at radius 1 is 1.07 bits per heavy atom. The van der Waals surface area contributed by atoms with Gasteiger partial charge >= 0.3 is 0 Å². The van der Waals surface area contributed by atoms with Crippen LogP contribution in [0.25, 0.3) is 0 Å². The second kappa shape index (κ2) is 8.78. The fraction of sp³-hybridized carbons (Fsp3) is 0.364. The van der Waals surface area contributed by atoms with Crippen molar-refractivity contribution >= 4 is 11.7 Å². The minimum Gasteiger partial charge on any atom is -0.493 e. The van der Waals surface area contributed by atoms with Crippen molar-refractivity contribution in [3.05, 3.63) is 53.6 Å². The van der Waals surface area contributed by atoms with Crippen LogP contribution < -0.4 is 14.2 Å². The number of benzene rings is 2. The van der Waals surface area contributed by atoms with Gasteiger partial charge in [-0.05, 0) is 36.8 Å². The highest BCUT2D eigenvalue weighted by Gasteiger charge is 2.28. The number of nitrogens with zero attached hydrogens (tertiary/aromatic N) is 1. The van der Waals surface area contributed by atoms with E-state index < -0.39 is 0 Å². The first-order valence-electron chi connectivity index (χ1n) is 9.27. The molecule has 3 rings (SSSR count). The molecule has 1 amide bonds. The molecule has 0 radical (unpaired) electrons. The Morgan fingerprint density at radius 2 is 1.75 bits per heavy atom. The zero-order chi connectivity index (χ0) is 20.1. The van der Waals surface area contributed by atoms with Crippen LogP contribution in [0.2, 0.25) is 0 Å². The number of rotatable bonds is 7. The summed E-state index contributed by atoms with van der Waals surface area (Å²) < 4.78 is 16.5. The maximum Gasteiger partial charge on any atom is 0.227 e. The van der Waals surface area contributed by atoms with Crippen LogP contribution in [0.5, 0.6) is 17.2 Å². The molecule has 0 N–H and O–H groups in total. The van der Waals surface area contributed by atoms with Gasteiger partial charge in [-0.15, -0.1) is 0 Å². The number of amides is 1. The van der Waals surface area contributed by atoms with Crippen molar-refractivity contribution in [3.63, 3.8) is 0 Å². The molecule has 1 aliphatic rings. The van der Waals surface area contributed by atoms with Gasteiger partial charge in [0.25, 0.3) is 0 Å². The molecule has 0 aromatic heterocycles. The van der Waals surface area contributed by atoms with E-state index in [0.29, 0.717) is 35.7 Å². The first kappa shape index (κ1) is 19.7. The van der Waals surface area contributed by atoms with Crippen LogP contribution >= 0.6 is 0 Å². The lowest BCUT2D eigenvalue weighted by Crippen LogP contribution is -2.32. The van der Waals surface area contributed by atoms with E-state index in [1.54, 1.807) is 17.0 Å². The SMILES string of the molecule is COc1cc(CC(=O)N2CCC(Oc3ccccc3)C2)c(C(C)=O)cc1OC. The number of methoxy groups -OCH3 is 2. The van der Waals surface area contributed by atoms with Gasteiger partial charge in [-0.3, -0.25) is 9.59 Å². The molecule has 1 fully saturated rings. The average molecular weight is 383 g/mol. The zero-order valence-corrected chi connectivity index (χ0v) is 16.4. The number of ketones is 1. The van der Waals surface area contributed by atoms with Crippen molar-refractivity contribution in [3.8, 4) is 17.2 Å². The van der Waals surface area contributed by atoms with E-state index in [9.17, 15) is 9.59 Å². The Hall–Kier alpha value is -3.02. The minimum atomic E-state index is -0.115. The molecule has 148 valence electrons. The van der Waals surface area contributed by atoms with Crippen molar-refractivity contribution in [1.82, 2.24) is 4.90 Å². The Morgan fingerprint density at radius 3 is 2.39 bits per heavy atom. The minimum absolute atomic E-state index is 0.0240. The zero-order valence-electron chi connectivity index (χ0n) is 16.4. The number of hydrogen-bond donors (Lipinski definition) is 0. The summed E-state index contributed by atoms with van der Waals surface area (Å²) in [7, 11) is 3.05. The van der Waals surface area contributed by atoms with Crippen molar-refractivity contribution in [2.45, 2.75) is 25.9 Å². The molecular weight excluding hydrogens is 358 g/mol. The number of para-hydroxylation sites is 1. The molecular formula is C22H25NO5. The molecule has 0 aliphatic carbocycles. The molecule has 28 heavy (non-hydrogen) atoms. The van der Waals surface area contributed by atoms with E-state index >= 15 is 0 Å². The first-order valence-corrected chi connectivity index (χ1v) is 9.27. The number of hydrogen-bond acceptors (Lipinski definition) is 5. The highest BCUT2D eigenvalue weighted by Crippen LogP contribution is 2.31. The van der Waals surface area contributed by atoms with Gasteiger partial charge in [0.05, 0.1) is 27.2 Å². The number of carbonyl (C=O) groups is 2. The summed E-state index contributed by atoms with van der Waals surface area (Å²) in [5.41, 5.74) is 1.12. The Kier molecular flexibility index (Phi) is 6.19. The van der Waals surface area contributed by atoms with Crippen LogP contribution in [0.4, 0.5) is 0 Å². The Bertz CT molecular complexity index is 850. The lowest BCUT2D eigenvalue weighted by Gasteiger charge is -2.19. The predicted molar refractivity (Wildman–Crippen MR) is 105 cm³/mol. The van der Waals surface area contributed by atoms with Crippen molar-refractivity contribution in [2.75, 3.05) is 27.3 Å². The molecule has 1 saturated heterocycles. The van der Waals surface area contributed by atoms with Crippen LogP contribution in [0.1, 0.15) is 29.3 Å². The van der Waals surface area contributed by atoms with E-state index in [-0.39, 0.29) is 24.2 Å². The summed E-state index contributed by atoms with van der Waals surface area (Å²) in [5.74, 6) is 1.63. The maximum atomic E-state index is 12.8. The third-order valence-electron chi connectivity index (χ3n) is 4.87. The van der Waals surface area contributed by atoms with Crippen molar-refractivity contribution in [1.29, 1.82) is 0 Å². The van der Waals surface area contributed by atoms with Crippen molar-refractivity contribution in [2.24, 2.45) is 0 Å². The van der Waals surface area contributed by atoms with Crippen LogP contribution in [0.3, 0.4) is 0 Å². The lowest BCUT2D eigenvalue weighted by atomic mass is 10.00. The number of likely N-dealkylation sites (tertiary alicyclic amines) is 1. The smallest absolute Gasteiger partial charge is 0.227 e. The molecule has 0 bridgehead atoms. The fourth-order valence-corrected chi connectivity index (χ4v) is 3.41. The number of Topliss-reactive ketones (excluding diaryl/α,β-unsaturated/α-hetero) is 1. The highest BCUT2D eigenvalue weighted by molar-refractivity contribution is 5.97. The predicted octanol–water partition coefficient (Wildman–Crippen LogP) is 3.13. The van der Waals surface area contributed by atoms with Gasteiger partial charge in [0, 0.05) is 18.5 Å². The average Bonchev–Trinajstić information content (AvgIpc) is 3.16. The van der Waals surface area contributed by atoms with E-state index in [2.05, 4.69) is 0 Å². The standard InChI is InChI=1S/C22H25NO5/c1-15(24)19-13-21(27-3)20(26-2)11-16(19)12-22(25)23-10-9-18(14-23)28-17-7-5-4-6-8-17/h4-8,11,13,18H,9-10,12,14H2,1-3H3. The van der Waals surface area contributed by atoms with Gasteiger partial charge in [0.1, 0.15) is 11.9 Å². The molecule has 1 atom stereocenters. The third kappa shape index (κ3) is 4.44. The van der Waals surface area contributed by atoms with Gasteiger partial charge in [-0.1, -0.05) is 18.2 Å². The van der Waals surface area contributed by atoms with Gasteiger partial charge in [-0.2, -0.15) is 0 Å².